The molecule has 2 nitrogen and oxygen atoms in total. The minimum atomic E-state index is -0.221. The van der Waals surface area contributed by atoms with Crippen LogP contribution in [0.15, 0.2) is 24.3 Å². The summed E-state index contributed by atoms with van der Waals surface area (Å²) in [6, 6.07) is 8.38. The Kier molecular flexibility index (Phi) is 2.34. The lowest BCUT2D eigenvalue weighted by Gasteiger charge is -2.13. The largest absolute Gasteiger partial charge is 0.391 e. The minimum absolute atomic E-state index is 0.221. The number of β-amino-alcohol motifs (C(OH)–C–C–N with tert-alkyl or cyclic N) is 1. The maximum absolute atomic E-state index is 9.67. The normalized spacial score (nSPS) is 27.8. The van der Waals surface area contributed by atoms with E-state index in [4.69, 9.17) is 0 Å². The number of hydrogen-bond donors (Lipinski definition) is 2. The van der Waals surface area contributed by atoms with Crippen molar-refractivity contribution in [2.75, 3.05) is 13.1 Å². The molecule has 1 aliphatic heterocycles. The molecule has 2 N–H and O–H groups in total. The van der Waals surface area contributed by atoms with Crippen LogP contribution in [0.4, 0.5) is 0 Å². The van der Waals surface area contributed by atoms with Crippen molar-refractivity contribution in [3.63, 3.8) is 0 Å². The zero-order chi connectivity index (χ0) is 9.26. The number of rotatable bonds is 1. The summed E-state index contributed by atoms with van der Waals surface area (Å²) < 4.78 is 0. The monoisotopic (exact) mass is 177 g/mol. The van der Waals surface area contributed by atoms with Gasteiger partial charge in [-0.2, -0.15) is 0 Å². The molecule has 1 saturated heterocycles. The van der Waals surface area contributed by atoms with Crippen LogP contribution in [0.25, 0.3) is 0 Å². The predicted octanol–water partition coefficient (Wildman–Crippen LogP) is 1.04. The van der Waals surface area contributed by atoms with Crippen LogP contribution in [-0.2, 0) is 0 Å². The summed E-state index contributed by atoms with van der Waals surface area (Å²) in [6.45, 7) is 3.70. The van der Waals surface area contributed by atoms with Gasteiger partial charge in [0.15, 0.2) is 0 Å². The Balaban J connectivity index is 2.24. The first-order chi connectivity index (χ1) is 6.27. The molecule has 1 fully saturated rings. The van der Waals surface area contributed by atoms with Gasteiger partial charge in [0.05, 0.1) is 6.10 Å². The van der Waals surface area contributed by atoms with Gasteiger partial charge >= 0.3 is 0 Å². The molecule has 0 saturated carbocycles. The van der Waals surface area contributed by atoms with Crippen LogP contribution in [0.1, 0.15) is 17.0 Å². The first kappa shape index (κ1) is 8.73. The van der Waals surface area contributed by atoms with Gasteiger partial charge in [-0.05, 0) is 12.5 Å². The van der Waals surface area contributed by atoms with Gasteiger partial charge in [0.25, 0.3) is 0 Å². The summed E-state index contributed by atoms with van der Waals surface area (Å²) >= 11 is 0. The van der Waals surface area contributed by atoms with Gasteiger partial charge in [0.1, 0.15) is 0 Å². The summed E-state index contributed by atoms with van der Waals surface area (Å²) in [5, 5.41) is 12.9. The second kappa shape index (κ2) is 3.48. The van der Waals surface area contributed by atoms with Crippen LogP contribution < -0.4 is 5.32 Å². The molecule has 2 heteroatoms. The smallest absolute Gasteiger partial charge is 0.0745 e. The van der Waals surface area contributed by atoms with Crippen LogP contribution in [0.5, 0.6) is 0 Å². The van der Waals surface area contributed by atoms with E-state index in [-0.39, 0.29) is 12.0 Å². The predicted molar refractivity (Wildman–Crippen MR) is 52.8 cm³/mol. The standard InChI is InChI=1S/C11H15NO/c1-8-3-2-4-9(5-8)10-6-12-7-11(10)13/h2-5,10-13H,6-7H2,1H3. The molecule has 0 bridgehead atoms. The zero-order valence-electron chi connectivity index (χ0n) is 7.83. The van der Waals surface area contributed by atoms with Crippen molar-refractivity contribution in [3.05, 3.63) is 35.4 Å². The number of aryl methyl sites for hydroxylation is 1. The number of hydrogen-bond acceptors (Lipinski definition) is 2. The van der Waals surface area contributed by atoms with E-state index >= 15 is 0 Å². The summed E-state index contributed by atoms with van der Waals surface area (Å²) in [6.07, 6.45) is -0.221. The highest BCUT2D eigenvalue weighted by Crippen LogP contribution is 2.23. The number of nitrogens with one attached hydrogen (secondary N) is 1. The lowest BCUT2D eigenvalue weighted by Crippen LogP contribution is -2.16. The second-order valence-corrected chi connectivity index (χ2v) is 3.75. The molecule has 13 heavy (non-hydrogen) atoms. The van der Waals surface area contributed by atoms with Gasteiger partial charge in [0.2, 0.25) is 0 Å². The molecule has 0 aromatic heterocycles. The van der Waals surface area contributed by atoms with Crippen LogP contribution in [0, 0.1) is 6.92 Å². The average Bonchev–Trinajstić information content (AvgIpc) is 2.51. The second-order valence-electron chi connectivity index (χ2n) is 3.75. The Morgan fingerprint density at radius 1 is 1.38 bits per heavy atom. The lowest BCUT2D eigenvalue weighted by molar-refractivity contribution is 0.178. The van der Waals surface area contributed by atoms with Gasteiger partial charge in [-0.25, -0.2) is 0 Å². The van der Waals surface area contributed by atoms with E-state index in [1.54, 1.807) is 0 Å². The van der Waals surface area contributed by atoms with Crippen LogP contribution in [0.2, 0.25) is 0 Å². The third kappa shape index (κ3) is 1.74. The van der Waals surface area contributed by atoms with E-state index in [2.05, 4.69) is 36.5 Å². The van der Waals surface area contributed by atoms with Gasteiger partial charge in [-0.1, -0.05) is 29.8 Å². The number of aliphatic hydroxyl groups excluding tert-OH is 1. The Bertz CT molecular complexity index is 298. The third-order valence-electron chi connectivity index (χ3n) is 2.65. The first-order valence-electron chi connectivity index (χ1n) is 4.73. The highest BCUT2D eigenvalue weighted by molar-refractivity contribution is 5.27. The quantitative estimate of drug-likeness (QED) is 0.672. The van der Waals surface area contributed by atoms with Crippen molar-refractivity contribution >= 4 is 0 Å². The Morgan fingerprint density at radius 3 is 2.85 bits per heavy atom. The molecule has 2 unspecified atom stereocenters. The zero-order valence-corrected chi connectivity index (χ0v) is 7.83. The first-order valence-corrected chi connectivity index (χ1v) is 4.73. The molecule has 1 aliphatic rings. The van der Waals surface area contributed by atoms with Gasteiger partial charge in [-0.15, -0.1) is 0 Å². The van der Waals surface area contributed by atoms with Gasteiger partial charge < -0.3 is 10.4 Å². The van der Waals surface area contributed by atoms with E-state index in [1.165, 1.54) is 11.1 Å². The van der Waals surface area contributed by atoms with Crippen molar-refractivity contribution in [1.82, 2.24) is 5.32 Å². The van der Waals surface area contributed by atoms with E-state index in [9.17, 15) is 5.11 Å². The van der Waals surface area contributed by atoms with E-state index in [0.717, 1.165) is 13.1 Å². The van der Waals surface area contributed by atoms with Crippen LogP contribution >= 0.6 is 0 Å². The number of benzene rings is 1. The summed E-state index contributed by atoms with van der Waals surface area (Å²) in [7, 11) is 0. The third-order valence-corrected chi connectivity index (χ3v) is 2.65. The summed E-state index contributed by atoms with van der Waals surface area (Å²) in [5.74, 6) is 0.278. The molecule has 1 aromatic carbocycles. The molecule has 2 atom stereocenters. The molecule has 0 aliphatic carbocycles. The van der Waals surface area contributed by atoms with Crippen molar-refractivity contribution < 1.29 is 5.11 Å². The van der Waals surface area contributed by atoms with Gasteiger partial charge in [0, 0.05) is 19.0 Å². The number of aliphatic hydroxyl groups is 1. The van der Waals surface area contributed by atoms with Crippen molar-refractivity contribution in [2.24, 2.45) is 0 Å². The average molecular weight is 177 g/mol. The van der Waals surface area contributed by atoms with Crippen LogP contribution in [0.3, 0.4) is 0 Å². The maximum atomic E-state index is 9.67. The molecule has 0 spiro atoms. The fourth-order valence-electron chi connectivity index (χ4n) is 1.91. The molecular weight excluding hydrogens is 162 g/mol. The summed E-state index contributed by atoms with van der Waals surface area (Å²) in [5.41, 5.74) is 2.51. The molecule has 70 valence electrons. The Morgan fingerprint density at radius 2 is 2.23 bits per heavy atom. The van der Waals surface area contributed by atoms with Crippen molar-refractivity contribution in [1.29, 1.82) is 0 Å². The van der Waals surface area contributed by atoms with Crippen LogP contribution in [-0.4, -0.2) is 24.3 Å². The van der Waals surface area contributed by atoms with Crippen molar-refractivity contribution in [2.45, 2.75) is 18.9 Å². The van der Waals surface area contributed by atoms with Gasteiger partial charge in [-0.3, -0.25) is 0 Å². The van der Waals surface area contributed by atoms with Crippen molar-refractivity contribution in [3.8, 4) is 0 Å². The fraction of sp³-hybridized carbons (Fsp3) is 0.455. The molecule has 1 heterocycles. The highest BCUT2D eigenvalue weighted by atomic mass is 16.3. The molecule has 0 radical (unpaired) electrons. The molecule has 2 rings (SSSR count). The Labute approximate surface area is 78.6 Å². The topological polar surface area (TPSA) is 32.3 Å². The SMILES string of the molecule is Cc1cccc(C2CNCC2O)c1. The van der Waals surface area contributed by atoms with E-state index < -0.39 is 0 Å². The molecule has 0 amide bonds. The highest BCUT2D eigenvalue weighted by Gasteiger charge is 2.25. The van der Waals surface area contributed by atoms with E-state index in [1.807, 2.05) is 0 Å². The maximum Gasteiger partial charge on any atom is 0.0745 e. The van der Waals surface area contributed by atoms with E-state index in [0.29, 0.717) is 0 Å². The molecular formula is C11H15NO. The molecule has 1 aromatic rings. The fourth-order valence-corrected chi connectivity index (χ4v) is 1.91. The lowest BCUT2D eigenvalue weighted by atomic mass is 9.95. The Hall–Kier alpha value is -0.860. The summed E-state index contributed by atoms with van der Waals surface area (Å²) in [4.78, 5) is 0. The minimum Gasteiger partial charge on any atom is -0.391 e.